The largest absolute Gasteiger partial charge is 0.494 e. The number of amides is 2. The first-order chi connectivity index (χ1) is 13.5. The first-order valence-electron chi connectivity index (χ1n) is 8.78. The molecule has 8 heteroatoms. The molecule has 0 saturated heterocycles. The monoisotopic (exact) mass is 403 g/mol. The highest BCUT2D eigenvalue weighted by Crippen LogP contribution is 2.21. The van der Waals surface area contributed by atoms with E-state index in [-0.39, 0.29) is 6.42 Å². The molecule has 2 aromatic rings. The fraction of sp³-hybridized carbons (Fsp3) is 0.250. The molecule has 0 aromatic heterocycles. The Morgan fingerprint density at radius 2 is 1.75 bits per heavy atom. The third kappa shape index (κ3) is 6.92. The maximum Gasteiger partial charge on any atom is 0.249 e. The van der Waals surface area contributed by atoms with E-state index in [4.69, 9.17) is 21.1 Å². The fourth-order valence-corrected chi connectivity index (χ4v) is 2.45. The van der Waals surface area contributed by atoms with Crippen molar-refractivity contribution < 1.29 is 19.1 Å². The number of nitrogens with one attached hydrogen (secondary N) is 2. The number of benzene rings is 2. The van der Waals surface area contributed by atoms with Gasteiger partial charge in [-0.1, -0.05) is 11.6 Å². The standard InChI is InChI=1S/C20H22ClN3O4/c1-3-27-17-8-6-16(7-9-17)23-19(25)12-20(26)24-22-13-14-11-15(21)5-10-18(14)28-4-2/h5-11,13H,3-4,12H2,1-2H3,(H,23,25)(H,24,26). The molecule has 7 nitrogen and oxygen atoms in total. The first-order valence-corrected chi connectivity index (χ1v) is 9.16. The Bertz CT molecular complexity index is 838. The highest BCUT2D eigenvalue weighted by Gasteiger charge is 2.09. The van der Waals surface area contributed by atoms with Gasteiger partial charge in [-0.15, -0.1) is 0 Å². The minimum Gasteiger partial charge on any atom is -0.494 e. The van der Waals surface area contributed by atoms with Crippen LogP contribution in [0.25, 0.3) is 0 Å². The minimum atomic E-state index is -0.542. The van der Waals surface area contributed by atoms with Gasteiger partial charge in [-0.25, -0.2) is 5.43 Å². The molecule has 0 aliphatic carbocycles. The van der Waals surface area contributed by atoms with Crippen molar-refractivity contribution in [2.75, 3.05) is 18.5 Å². The normalized spacial score (nSPS) is 10.5. The lowest BCUT2D eigenvalue weighted by Gasteiger charge is -2.07. The summed E-state index contributed by atoms with van der Waals surface area (Å²) >= 11 is 5.97. The Morgan fingerprint density at radius 3 is 2.43 bits per heavy atom. The number of hydrazone groups is 1. The van der Waals surface area contributed by atoms with Crippen LogP contribution in [-0.4, -0.2) is 31.2 Å². The van der Waals surface area contributed by atoms with Crippen LogP contribution in [-0.2, 0) is 9.59 Å². The number of anilines is 1. The first kappa shape index (κ1) is 21.2. The average Bonchev–Trinajstić information content (AvgIpc) is 2.65. The van der Waals surface area contributed by atoms with E-state index in [9.17, 15) is 9.59 Å². The maximum atomic E-state index is 12.0. The minimum absolute atomic E-state index is 0.363. The lowest BCUT2D eigenvalue weighted by molar-refractivity contribution is -0.126. The predicted octanol–water partition coefficient (Wildman–Crippen LogP) is 3.62. The molecule has 0 unspecified atom stereocenters. The van der Waals surface area contributed by atoms with E-state index in [1.54, 1.807) is 42.5 Å². The molecule has 148 valence electrons. The number of hydrogen-bond donors (Lipinski definition) is 2. The summed E-state index contributed by atoms with van der Waals surface area (Å²) in [7, 11) is 0. The molecular formula is C20H22ClN3O4. The summed E-state index contributed by atoms with van der Waals surface area (Å²) in [5, 5.41) is 7.02. The van der Waals surface area contributed by atoms with E-state index in [1.165, 1.54) is 6.21 Å². The molecule has 0 radical (unpaired) electrons. The van der Waals surface area contributed by atoms with Gasteiger partial charge >= 0.3 is 0 Å². The van der Waals surface area contributed by atoms with Gasteiger partial charge in [-0.3, -0.25) is 9.59 Å². The fourth-order valence-electron chi connectivity index (χ4n) is 2.27. The number of rotatable bonds is 9. The van der Waals surface area contributed by atoms with Crippen molar-refractivity contribution in [3.8, 4) is 11.5 Å². The molecular weight excluding hydrogens is 382 g/mol. The topological polar surface area (TPSA) is 89.0 Å². The number of hydrogen-bond acceptors (Lipinski definition) is 5. The van der Waals surface area contributed by atoms with Crippen molar-refractivity contribution in [1.29, 1.82) is 0 Å². The lowest BCUT2D eigenvalue weighted by atomic mass is 10.2. The molecule has 0 aliphatic rings. The molecule has 2 amide bonds. The third-order valence-corrected chi connectivity index (χ3v) is 3.67. The Labute approximate surface area is 168 Å². The Morgan fingerprint density at radius 1 is 1.04 bits per heavy atom. The van der Waals surface area contributed by atoms with Crippen LogP contribution < -0.4 is 20.2 Å². The zero-order valence-electron chi connectivity index (χ0n) is 15.7. The molecule has 0 atom stereocenters. The van der Waals surface area contributed by atoms with Crippen LogP contribution in [0.5, 0.6) is 11.5 Å². The van der Waals surface area contributed by atoms with Gasteiger partial charge < -0.3 is 14.8 Å². The molecule has 0 aliphatic heterocycles. The predicted molar refractivity (Wildman–Crippen MR) is 109 cm³/mol. The van der Waals surface area contributed by atoms with Gasteiger partial charge in [0.1, 0.15) is 17.9 Å². The number of halogens is 1. The van der Waals surface area contributed by atoms with Crippen molar-refractivity contribution >= 4 is 35.3 Å². The molecule has 0 spiro atoms. The van der Waals surface area contributed by atoms with Crippen LogP contribution in [0.2, 0.25) is 5.02 Å². The summed E-state index contributed by atoms with van der Waals surface area (Å²) in [4.78, 5) is 23.8. The van der Waals surface area contributed by atoms with Crippen LogP contribution in [0.15, 0.2) is 47.6 Å². The summed E-state index contributed by atoms with van der Waals surface area (Å²) < 4.78 is 10.8. The summed E-state index contributed by atoms with van der Waals surface area (Å²) in [6.07, 6.45) is 1.05. The zero-order chi connectivity index (χ0) is 20.4. The van der Waals surface area contributed by atoms with Crippen LogP contribution in [0.4, 0.5) is 5.69 Å². The van der Waals surface area contributed by atoms with Crippen LogP contribution >= 0.6 is 11.6 Å². The number of nitrogens with zero attached hydrogens (tertiary/aromatic N) is 1. The van der Waals surface area contributed by atoms with Gasteiger partial charge in [-0.2, -0.15) is 5.10 Å². The molecule has 0 bridgehead atoms. The summed E-state index contributed by atoms with van der Waals surface area (Å²) in [6.45, 7) is 4.80. The van der Waals surface area contributed by atoms with Crippen molar-refractivity contribution in [1.82, 2.24) is 5.43 Å². The Balaban J connectivity index is 1.85. The highest BCUT2D eigenvalue weighted by molar-refractivity contribution is 6.30. The SMILES string of the molecule is CCOc1ccc(NC(=O)CC(=O)NN=Cc2cc(Cl)ccc2OCC)cc1. The maximum absolute atomic E-state index is 12.0. The van der Waals surface area contributed by atoms with Gasteiger partial charge in [0, 0.05) is 16.3 Å². The highest BCUT2D eigenvalue weighted by atomic mass is 35.5. The third-order valence-electron chi connectivity index (χ3n) is 3.43. The van der Waals surface area contributed by atoms with Gasteiger partial charge in [0.25, 0.3) is 0 Å². The number of ether oxygens (including phenoxy) is 2. The summed E-state index contributed by atoms with van der Waals surface area (Å²) in [5.41, 5.74) is 3.51. The smallest absolute Gasteiger partial charge is 0.249 e. The number of carbonyl (C=O) groups is 2. The summed E-state index contributed by atoms with van der Waals surface area (Å²) in [6, 6.07) is 12.0. The lowest BCUT2D eigenvalue weighted by Crippen LogP contribution is -2.24. The van der Waals surface area contributed by atoms with Crippen molar-refractivity contribution in [2.45, 2.75) is 20.3 Å². The second-order valence-electron chi connectivity index (χ2n) is 5.59. The molecule has 0 saturated carbocycles. The van der Waals surface area contributed by atoms with Gasteiger partial charge in [0.05, 0.1) is 19.4 Å². The quantitative estimate of drug-likeness (QED) is 0.380. The summed E-state index contributed by atoms with van der Waals surface area (Å²) in [5.74, 6) is 0.312. The zero-order valence-corrected chi connectivity index (χ0v) is 16.5. The molecule has 0 heterocycles. The van der Waals surface area contributed by atoms with Crippen molar-refractivity contribution in [2.24, 2.45) is 5.10 Å². The second-order valence-corrected chi connectivity index (χ2v) is 6.03. The molecule has 2 aromatic carbocycles. The van der Waals surface area contributed by atoms with E-state index in [2.05, 4.69) is 15.8 Å². The molecule has 2 N–H and O–H groups in total. The van der Waals surface area contributed by atoms with E-state index in [0.29, 0.717) is 41.0 Å². The second kappa shape index (κ2) is 10.9. The Hall–Kier alpha value is -3.06. The van der Waals surface area contributed by atoms with Crippen LogP contribution in [0, 0.1) is 0 Å². The van der Waals surface area contributed by atoms with E-state index in [1.807, 2.05) is 13.8 Å². The Kier molecular flexibility index (Phi) is 8.30. The van der Waals surface area contributed by atoms with Gasteiger partial charge in [0.2, 0.25) is 11.8 Å². The molecule has 0 fully saturated rings. The molecule has 28 heavy (non-hydrogen) atoms. The van der Waals surface area contributed by atoms with E-state index >= 15 is 0 Å². The van der Waals surface area contributed by atoms with Gasteiger partial charge in [0.15, 0.2) is 0 Å². The molecule has 2 rings (SSSR count). The number of carbonyl (C=O) groups excluding carboxylic acids is 2. The van der Waals surface area contributed by atoms with Gasteiger partial charge in [-0.05, 0) is 56.3 Å². The van der Waals surface area contributed by atoms with Crippen LogP contribution in [0.1, 0.15) is 25.8 Å². The van der Waals surface area contributed by atoms with Crippen molar-refractivity contribution in [3.63, 3.8) is 0 Å². The van der Waals surface area contributed by atoms with Crippen molar-refractivity contribution in [3.05, 3.63) is 53.1 Å². The van der Waals surface area contributed by atoms with E-state index < -0.39 is 11.8 Å². The van der Waals surface area contributed by atoms with Crippen LogP contribution in [0.3, 0.4) is 0 Å². The van der Waals surface area contributed by atoms with E-state index in [0.717, 1.165) is 0 Å². The average molecular weight is 404 g/mol.